The molecule has 3 aromatic carbocycles. The number of urea groups is 1. The Hall–Kier alpha value is -4.64. The quantitative estimate of drug-likeness (QED) is 0.392. The van der Waals surface area contributed by atoms with Gasteiger partial charge in [0.2, 0.25) is 5.91 Å². The molecule has 0 radical (unpaired) electrons. The number of amides is 4. The lowest BCUT2D eigenvalue weighted by Crippen LogP contribution is -2.63. The van der Waals surface area contributed by atoms with Gasteiger partial charge in [0.05, 0.1) is 0 Å². The van der Waals surface area contributed by atoms with Crippen LogP contribution in [0.1, 0.15) is 41.1 Å². The first-order valence-corrected chi connectivity index (χ1v) is 14.3. The number of aliphatic imine (C=N–C) groups is 1. The number of nitrogens with zero attached hydrogens (tertiary/aromatic N) is 3. The molecule has 11 heteroatoms. The highest BCUT2D eigenvalue weighted by Crippen LogP contribution is 2.35. The lowest BCUT2D eigenvalue weighted by atomic mass is 9.90. The summed E-state index contributed by atoms with van der Waals surface area (Å²) in [6.07, 6.45) is 1.95. The Morgan fingerprint density at radius 2 is 1.47 bits per heavy atom. The summed E-state index contributed by atoms with van der Waals surface area (Å²) in [7, 11) is 2.07. The standard InChI is InChI=1S/C32H32F2N6O3/c1-39-17-25-12-11-24(39)18-40(25)31(42)29-27-14-23(37-32(43)36-16-20-4-8-22(34)9-5-20)10-13-26(27)28(38-29)30(41)35-15-19-2-6-21(33)7-3-19/h2-10,13-14,24-25,28H,11-12,15-18H2,1H3,(H,35,41)(H2,36,37,43). The summed E-state index contributed by atoms with van der Waals surface area (Å²) in [5.74, 6) is -1.33. The van der Waals surface area contributed by atoms with Gasteiger partial charge in [0, 0.05) is 49.5 Å². The van der Waals surface area contributed by atoms with Crippen molar-refractivity contribution in [3.63, 3.8) is 0 Å². The molecule has 0 spiro atoms. The van der Waals surface area contributed by atoms with Gasteiger partial charge in [-0.05, 0) is 73.0 Å². The van der Waals surface area contributed by atoms with Crippen molar-refractivity contribution in [2.24, 2.45) is 4.99 Å². The van der Waals surface area contributed by atoms with Gasteiger partial charge in [0.1, 0.15) is 17.3 Å². The number of piperazine rings is 1. The minimum atomic E-state index is -0.944. The fraction of sp³-hybridized carbons (Fsp3) is 0.312. The number of nitrogens with one attached hydrogen (secondary N) is 3. The topological polar surface area (TPSA) is 106 Å². The van der Waals surface area contributed by atoms with Crippen molar-refractivity contribution in [1.82, 2.24) is 20.4 Å². The van der Waals surface area contributed by atoms with Crippen molar-refractivity contribution < 1.29 is 23.2 Å². The summed E-state index contributed by atoms with van der Waals surface area (Å²) in [6, 6.07) is 15.6. The number of rotatable bonds is 7. The zero-order valence-corrected chi connectivity index (χ0v) is 23.6. The smallest absolute Gasteiger partial charge is 0.319 e. The van der Waals surface area contributed by atoms with Crippen LogP contribution in [0, 0.1) is 11.6 Å². The van der Waals surface area contributed by atoms with Crippen LogP contribution in [0.2, 0.25) is 0 Å². The molecule has 9 nitrogen and oxygen atoms in total. The fourth-order valence-corrected chi connectivity index (χ4v) is 5.99. The number of likely N-dealkylation sites (N-methyl/N-ethyl adjacent to an activating group) is 1. The van der Waals surface area contributed by atoms with Gasteiger partial charge >= 0.3 is 6.03 Å². The van der Waals surface area contributed by atoms with Crippen LogP contribution in [-0.4, -0.2) is 65.6 Å². The van der Waals surface area contributed by atoms with Crippen molar-refractivity contribution >= 4 is 29.2 Å². The van der Waals surface area contributed by atoms with E-state index in [0.29, 0.717) is 23.4 Å². The SMILES string of the molecule is CN1CC2CCC1CN2C(=O)C1=NC(C(=O)NCc2ccc(F)cc2)c2ccc(NC(=O)NCc3ccc(F)cc3)cc21. The lowest BCUT2D eigenvalue weighted by Gasteiger charge is -2.50. The Labute approximate surface area is 248 Å². The highest BCUT2D eigenvalue weighted by molar-refractivity contribution is 6.47. The molecule has 222 valence electrons. The monoisotopic (exact) mass is 586 g/mol. The average molecular weight is 587 g/mol. The van der Waals surface area contributed by atoms with Gasteiger partial charge in [-0.25, -0.2) is 13.6 Å². The summed E-state index contributed by atoms with van der Waals surface area (Å²) in [4.78, 5) is 48.7. The number of fused-ring (bicyclic) bond motifs is 4. The minimum absolute atomic E-state index is 0.0681. The zero-order chi connectivity index (χ0) is 30.1. The van der Waals surface area contributed by atoms with E-state index in [1.165, 1.54) is 24.3 Å². The van der Waals surface area contributed by atoms with Crippen LogP contribution in [0.15, 0.2) is 71.7 Å². The predicted octanol–water partition coefficient (Wildman–Crippen LogP) is 3.75. The van der Waals surface area contributed by atoms with E-state index in [9.17, 15) is 23.2 Å². The van der Waals surface area contributed by atoms with E-state index in [4.69, 9.17) is 0 Å². The Morgan fingerprint density at radius 3 is 2.07 bits per heavy atom. The maximum atomic E-state index is 13.9. The molecule has 3 N–H and O–H groups in total. The van der Waals surface area contributed by atoms with Crippen LogP contribution in [0.25, 0.3) is 0 Å². The van der Waals surface area contributed by atoms with Crippen molar-refractivity contribution in [3.8, 4) is 0 Å². The number of halogens is 2. The largest absolute Gasteiger partial charge is 0.350 e. The van der Waals surface area contributed by atoms with Gasteiger partial charge in [0.25, 0.3) is 5.91 Å². The molecule has 2 bridgehead atoms. The molecule has 3 fully saturated rings. The number of benzene rings is 3. The first kappa shape index (κ1) is 28.5. The van der Waals surface area contributed by atoms with Crippen molar-refractivity contribution in [2.45, 2.75) is 44.1 Å². The van der Waals surface area contributed by atoms with Gasteiger partial charge in [-0.3, -0.25) is 19.5 Å². The van der Waals surface area contributed by atoms with Crippen molar-refractivity contribution in [2.75, 3.05) is 25.5 Å². The molecule has 3 aromatic rings. The Balaban J connectivity index is 1.21. The molecule has 3 atom stereocenters. The molecule has 0 aromatic heterocycles. The third-order valence-corrected chi connectivity index (χ3v) is 8.38. The van der Waals surface area contributed by atoms with E-state index < -0.39 is 12.1 Å². The molecule has 3 unspecified atom stereocenters. The third kappa shape index (κ3) is 6.12. The lowest BCUT2D eigenvalue weighted by molar-refractivity contribution is -0.133. The second-order valence-electron chi connectivity index (χ2n) is 11.2. The highest BCUT2D eigenvalue weighted by atomic mass is 19.1. The van der Waals surface area contributed by atoms with Gasteiger partial charge in [0.15, 0.2) is 6.04 Å². The van der Waals surface area contributed by atoms with Crippen LogP contribution in [-0.2, 0) is 22.7 Å². The number of piperidine rings is 2. The summed E-state index contributed by atoms with van der Waals surface area (Å²) >= 11 is 0. The molecule has 43 heavy (non-hydrogen) atoms. The molecular weight excluding hydrogens is 554 g/mol. The average Bonchev–Trinajstić information content (AvgIpc) is 3.39. The molecule has 7 rings (SSSR count). The second-order valence-corrected chi connectivity index (χ2v) is 11.2. The summed E-state index contributed by atoms with van der Waals surface area (Å²) in [5, 5.41) is 8.37. The molecular formula is C32H32F2N6O3. The van der Waals surface area contributed by atoms with E-state index in [1.807, 2.05) is 4.90 Å². The Morgan fingerprint density at radius 1 is 0.837 bits per heavy atom. The van der Waals surface area contributed by atoms with Crippen LogP contribution in [0.5, 0.6) is 0 Å². The number of carbonyl (C=O) groups excluding carboxylic acids is 3. The van der Waals surface area contributed by atoms with E-state index >= 15 is 0 Å². The van der Waals surface area contributed by atoms with Crippen molar-refractivity contribution in [3.05, 3.63) is 101 Å². The summed E-state index contributed by atoms with van der Waals surface area (Å²) in [5.41, 5.74) is 3.16. The predicted molar refractivity (Wildman–Crippen MR) is 157 cm³/mol. The number of hydrogen-bond donors (Lipinski definition) is 3. The van der Waals surface area contributed by atoms with E-state index in [0.717, 1.165) is 30.5 Å². The van der Waals surface area contributed by atoms with Crippen LogP contribution < -0.4 is 16.0 Å². The summed E-state index contributed by atoms with van der Waals surface area (Å²) < 4.78 is 26.5. The third-order valence-electron chi connectivity index (χ3n) is 8.38. The molecule has 0 aliphatic carbocycles. The number of carbonyl (C=O) groups is 3. The van der Waals surface area contributed by atoms with E-state index in [-0.39, 0.29) is 54.3 Å². The van der Waals surface area contributed by atoms with Gasteiger partial charge < -0.3 is 20.9 Å². The maximum absolute atomic E-state index is 13.9. The maximum Gasteiger partial charge on any atom is 0.319 e. The molecule has 0 saturated carbocycles. The molecule has 3 saturated heterocycles. The normalized spacial score (nSPS) is 20.8. The van der Waals surface area contributed by atoms with Gasteiger partial charge in [-0.1, -0.05) is 30.3 Å². The van der Waals surface area contributed by atoms with Gasteiger partial charge in [-0.2, -0.15) is 0 Å². The first-order chi connectivity index (χ1) is 20.7. The van der Waals surface area contributed by atoms with Crippen LogP contribution in [0.4, 0.5) is 19.3 Å². The first-order valence-electron chi connectivity index (χ1n) is 14.3. The van der Waals surface area contributed by atoms with E-state index in [2.05, 4.69) is 32.9 Å². The van der Waals surface area contributed by atoms with E-state index in [1.54, 1.807) is 42.5 Å². The molecule has 4 amide bonds. The number of anilines is 1. The fourth-order valence-electron chi connectivity index (χ4n) is 5.99. The second kappa shape index (κ2) is 11.9. The Kier molecular flexibility index (Phi) is 7.90. The zero-order valence-electron chi connectivity index (χ0n) is 23.6. The minimum Gasteiger partial charge on any atom is -0.350 e. The van der Waals surface area contributed by atoms with Crippen LogP contribution in [0.3, 0.4) is 0 Å². The number of hydrogen-bond acceptors (Lipinski definition) is 5. The molecule has 4 aliphatic rings. The molecule has 4 aliphatic heterocycles. The summed E-state index contributed by atoms with van der Waals surface area (Å²) in [6.45, 7) is 1.76. The van der Waals surface area contributed by atoms with Crippen LogP contribution >= 0.6 is 0 Å². The van der Waals surface area contributed by atoms with Crippen molar-refractivity contribution in [1.29, 1.82) is 0 Å². The Bertz CT molecular complexity index is 1580. The molecule has 4 heterocycles. The van der Waals surface area contributed by atoms with Gasteiger partial charge in [-0.15, -0.1) is 0 Å². The highest BCUT2D eigenvalue weighted by Gasteiger charge is 2.43.